The van der Waals surface area contributed by atoms with Gasteiger partial charge in [0.05, 0.1) is 6.10 Å². The maximum atomic E-state index is 12.0. The third kappa shape index (κ3) is 2.08. The average Bonchev–Trinajstić information content (AvgIpc) is 2.74. The van der Waals surface area contributed by atoms with Gasteiger partial charge >= 0.3 is 0 Å². The molecule has 84 valence electrons. The summed E-state index contributed by atoms with van der Waals surface area (Å²) in [5.74, 6) is 0. The molecule has 1 N–H and O–H groups in total. The summed E-state index contributed by atoms with van der Waals surface area (Å²) in [6.45, 7) is 2.52. The van der Waals surface area contributed by atoms with Gasteiger partial charge in [0.2, 0.25) is 0 Å². The van der Waals surface area contributed by atoms with Crippen molar-refractivity contribution in [3.63, 3.8) is 0 Å². The molecule has 0 amide bonds. The molecule has 1 saturated heterocycles. The van der Waals surface area contributed by atoms with Crippen LogP contribution < -0.4 is 0 Å². The summed E-state index contributed by atoms with van der Waals surface area (Å²) < 4.78 is 25.8. The minimum absolute atomic E-state index is 0.222. The summed E-state index contributed by atoms with van der Waals surface area (Å²) in [6.07, 6.45) is 0.0182. The highest BCUT2D eigenvalue weighted by molar-refractivity contribution is 7.91. The zero-order chi connectivity index (χ0) is 11.1. The van der Waals surface area contributed by atoms with Gasteiger partial charge in [0.25, 0.3) is 10.0 Å². The van der Waals surface area contributed by atoms with Crippen molar-refractivity contribution in [3.8, 4) is 0 Å². The molecule has 0 aromatic carbocycles. The van der Waals surface area contributed by atoms with Crippen LogP contribution in [0.3, 0.4) is 0 Å². The van der Waals surface area contributed by atoms with Crippen molar-refractivity contribution < 1.29 is 13.5 Å². The summed E-state index contributed by atoms with van der Waals surface area (Å²) in [4.78, 5) is 0.980. The van der Waals surface area contributed by atoms with Gasteiger partial charge in [-0.2, -0.15) is 4.31 Å². The number of hydrogen-bond donors (Lipinski definition) is 1. The Hall–Kier alpha value is -0.430. The molecule has 6 heteroatoms. The Balaban J connectivity index is 2.27. The van der Waals surface area contributed by atoms with E-state index >= 15 is 0 Å². The predicted octanol–water partition coefficient (Wildman–Crippen LogP) is 0.812. The molecule has 0 aliphatic carbocycles. The van der Waals surface area contributed by atoms with Crippen LogP contribution >= 0.6 is 11.3 Å². The standard InChI is InChI=1S/C9H13NO3S2/c1-7-2-3-9(14-7)15(12,13)10-5-4-8(11)6-10/h2-3,8,11H,4-6H2,1H3/t8-/m0/s1. The zero-order valence-corrected chi connectivity index (χ0v) is 10.0. The minimum atomic E-state index is -3.36. The van der Waals surface area contributed by atoms with Crippen LogP contribution in [0.1, 0.15) is 11.3 Å². The first-order valence-corrected chi connectivity index (χ1v) is 7.00. The second-order valence-corrected chi connectivity index (χ2v) is 7.12. The fourth-order valence-electron chi connectivity index (χ4n) is 1.61. The lowest BCUT2D eigenvalue weighted by Gasteiger charge is -2.13. The average molecular weight is 247 g/mol. The van der Waals surface area contributed by atoms with E-state index < -0.39 is 16.1 Å². The first kappa shape index (κ1) is 11.1. The van der Waals surface area contributed by atoms with E-state index in [0.29, 0.717) is 17.2 Å². The molecule has 0 spiro atoms. The molecule has 2 rings (SSSR count). The lowest BCUT2D eigenvalue weighted by molar-refractivity contribution is 0.189. The fraction of sp³-hybridized carbons (Fsp3) is 0.556. The highest BCUT2D eigenvalue weighted by Crippen LogP contribution is 2.26. The molecular formula is C9H13NO3S2. The maximum absolute atomic E-state index is 12.0. The van der Waals surface area contributed by atoms with Crippen molar-refractivity contribution in [1.29, 1.82) is 0 Å². The largest absolute Gasteiger partial charge is 0.392 e. The SMILES string of the molecule is Cc1ccc(S(=O)(=O)N2CC[C@H](O)C2)s1. The highest BCUT2D eigenvalue weighted by Gasteiger charge is 2.32. The van der Waals surface area contributed by atoms with Gasteiger partial charge in [-0.15, -0.1) is 11.3 Å². The zero-order valence-electron chi connectivity index (χ0n) is 8.38. The van der Waals surface area contributed by atoms with Gasteiger partial charge in [-0.3, -0.25) is 0 Å². The summed E-state index contributed by atoms with van der Waals surface area (Å²) >= 11 is 1.27. The number of sulfonamides is 1. The van der Waals surface area contributed by atoms with E-state index in [1.54, 1.807) is 12.1 Å². The van der Waals surface area contributed by atoms with Crippen molar-refractivity contribution in [2.24, 2.45) is 0 Å². The van der Waals surface area contributed by atoms with Crippen LogP contribution in [-0.4, -0.2) is 37.0 Å². The molecule has 0 bridgehead atoms. The topological polar surface area (TPSA) is 57.6 Å². The smallest absolute Gasteiger partial charge is 0.252 e. The Labute approximate surface area is 93.2 Å². The second-order valence-electron chi connectivity index (χ2n) is 3.67. The number of hydrogen-bond acceptors (Lipinski definition) is 4. The normalized spacial score (nSPS) is 23.5. The van der Waals surface area contributed by atoms with Crippen LogP contribution in [0.15, 0.2) is 16.3 Å². The van der Waals surface area contributed by atoms with E-state index in [4.69, 9.17) is 0 Å². The quantitative estimate of drug-likeness (QED) is 0.841. The van der Waals surface area contributed by atoms with Gasteiger partial charge in [0.15, 0.2) is 0 Å². The first-order chi connectivity index (χ1) is 7.00. The third-order valence-corrected chi connectivity index (χ3v) is 5.77. The number of rotatable bonds is 2. The lowest BCUT2D eigenvalue weighted by Crippen LogP contribution is -2.29. The Bertz CT molecular complexity index is 452. The van der Waals surface area contributed by atoms with Gasteiger partial charge < -0.3 is 5.11 Å². The number of nitrogens with zero attached hydrogens (tertiary/aromatic N) is 1. The van der Waals surface area contributed by atoms with Crippen molar-refractivity contribution in [2.45, 2.75) is 23.7 Å². The van der Waals surface area contributed by atoms with Gasteiger partial charge in [-0.05, 0) is 25.5 Å². The molecule has 1 aliphatic rings. The van der Waals surface area contributed by atoms with Crippen LogP contribution in [0, 0.1) is 6.92 Å². The highest BCUT2D eigenvalue weighted by atomic mass is 32.2. The van der Waals surface area contributed by atoms with Gasteiger partial charge in [-0.1, -0.05) is 0 Å². The number of aliphatic hydroxyl groups excluding tert-OH is 1. The Kier molecular flexibility index (Phi) is 2.85. The molecule has 1 fully saturated rings. The van der Waals surface area contributed by atoms with E-state index in [2.05, 4.69) is 0 Å². The van der Waals surface area contributed by atoms with E-state index in [1.807, 2.05) is 6.92 Å². The van der Waals surface area contributed by atoms with Crippen LogP contribution in [0.2, 0.25) is 0 Å². The van der Waals surface area contributed by atoms with Crippen LogP contribution in [0.5, 0.6) is 0 Å². The molecular weight excluding hydrogens is 234 g/mol. The van der Waals surface area contributed by atoms with Crippen molar-refractivity contribution in [1.82, 2.24) is 4.31 Å². The Morgan fingerprint density at radius 2 is 2.27 bits per heavy atom. The van der Waals surface area contributed by atoms with E-state index in [9.17, 15) is 13.5 Å². The van der Waals surface area contributed by atoms with Crippen molar-refractivity contribution in [2.75, 3.05) is 13.1 Å². The summed E-state index contributed by atoms with van der Waals surface area (Å²) in [5.41, 5.74) is 0. The van der Waals surface area contributed by atoms with Gasteiger partial charge in [0.1, 0.15) is 4.21 Å². The predicted molar refractivity (Wildman–Crippen MR) is 58.4 cm³/mol. The fourth-order valence-corrected chi connectivity index (χ4v) is 4.54. The molecule has 1 aliphatic heterocycles. The number of aliphatic hydroxyl groups is 1. The third-order valence-electron chi connectivity index (χ3n) is 2.44. The van der Waals surface area contributed by atoms with Gasteiger partial charge in [0, 0.05) is 18.0 Å². The van der Waals surface area contributed by atoms with E-state index in [-0.39, 0.29) is 6.54 Å². The minimum Gasteiger partial charge on any atom is -0.392 e. The Morgan fingerprint density at radius 3 is 2.73 bits per heavy atom. The molecule has 0 saturated carbocycles. The number of aryl methyl sites for hydroxylation is 1. The van der Waals surface area contributed by atoms with Crippen LogP contribution in [0.4, 0.5) is 0 Å². The summed E-state index contributed by atoms with van der Waals surface area (Å²) in [7, 11) is -3.36. The number of thiophene rings is 1. The lowest BCUT2D eigenvalue weighted by atomic mass is 10.3. The summed E-state index contributed by atoms with van der Waals surface area (Å²) in [6, 6.07) is 3.42. The molecule has 0 radical (unpaired) electrons. The van der Waals surface area contributed by atoms with Crippen molar-refractivity contribution in [3.05, 3.63) is 17.0 Å². The molecule has 1 aromatic rings. The van der Waals surface area contributed by atoms with Crippen LogP contribution in [-0.2, 0) is 10.0 Å². The number of β-amino-alcohol motifs (C(OH)–C–C–N with tert-alkyl or cyclic N) is 1. The van der Waals surface area contributed by atoms with E-state index in [1.165, 1.54) is 15.6 Å². The Morgan fingerprint density at radius 1 is 1.53 bits per heavy atom. The monoisotopic (exact) mass is 247 g/mol. The second kappa shape index (κ2) is 3.86. The first-order valence-electron chi connectivity index (χ1n) is 4.75. The van der Waals surface area contributed by atoms with Gasteiger partial charge in [-0.25, -0.2) is 8.42 Å². The van der Waals surface area contributed by atoms with Crippen LogP contribution in [0.25, 0.3) is 0 Å². The van der Waals surface area contributed by atoms with E-state index in [0.717, 1.165) is 4.88 Å². The molecule has 1 atom stereocenters. The molecule has 0 unspecified atom stereocenters. The maximum Gasteiger partial charge on any atom is 0.252 e. The molecule has 1 aromatic heterocycles. The molecule has 2 heterocycles. The molecule has 4 nitrogen and oxygen atoms in total. The van der Waals surface area contributed by atoms with Crippen molar-refractivity contribution >= 4 is 21.4 Å². The molecule has 15 heavy (non-hydrogen) atoms. The summed E-state index contributed by atoms with van der Waals surface area (Å²) in [5, 5.41) is 9.31.